The third kappa shape index (κ3) is 4.21. The Kier molecular flexibility index (Phi) is 6.07. The summed E-state index contributed by atoms with van der Waals surface area (Å²) in [5.41, 5.74) is 1.60. The second kappa shape index (κ2) is 8.19. The second-order valence-electron chi connectivity index (χ2n) is 6.99. The number of nitrogens with one attached hydrogen (secondary N) is 1. The van der Waals surface area contributed by atoms with Gasteiger partial charge in [-0.2, -0.15) is 4.31 Å². The predicted octanol–water partition coefficient (Wildman–Crippen LogP) is 3.82. The number of rotatable bonds is 5. The van der Waals surface area contributed by atoms with Crippen molar-refractivity contribution in [2.75, 3.05) is 6.54 Å². The molecule has 2 aromatic rings. The van der Waals surface area contributed by atoms with Crippen molar-refractivity contribution < 1.29 is 17.6 Å². The number of halogens is 2. The number of carbonyl (C=O) groups is 1. The molecule has 0 aliphatic carbocycles. The van der Waals surface area contributed by atoms with E-state index in [1.807, 2.05) is 6.92 Å². The summed E-state index contributed by atoms with van der Waals surface area (Å²) < 4.78 is 40.6. The average molecular weight is 425 g/mol. The average Bonchev–Trinajstić information content (AvgIpc) is 3.15. The molecule has 150 valence electrons. The first-order valence-corrected chi connectivity index (χ1v) is 10.9. The zero-order valence-corrected chi connectivity index (χ0v) is 17.2. The zero-order chi connectivity index (χ0) is 20.5. The molecular weight excluding hydrogens is 403 g/mol. The van der Waals surface area contributed by atoms with E-state index in [4.69, 9.17) is 11.6 Å². The number of nitrogens with zero attached hydrogens (tertiary/aromatic N) is 1. The van der Waals surface area contributed by atoms with Crippen LogP contribution in [0, 0.1) is 12.7 Å². The fraction of sp³-hybridized carbons (Fsp3) is 0.350. The van der Waals surface area contributed by atoms with Crippen LogP contribution in [-0.4, -0.2) is 31.2 Å². The smallest absolute Gasteiger partial charge is 0.243 e. The number of sulfonamides is 1. The van der Waals surface area contributed by atoms with Gasteiger partial charge in [0.1, 0.15) is 11.9 Å². The Morgan fingerprint density at radius 1 is 1.25 bits per heavy atom. The molecule has 1 saturated heterocycles. The highest BCUT2D eigenvalue weighted by molar-refractivity contribution is 7.89. The number of benzene rings is 2. The van der Waals surface area contributed by atoms with E-state index in [2.05, 4.69) is 5.32 Å². The van der Waals surface area contributed by atoms with Gasteiger partial charge in [0, 0.05) is 6.54 Å². The minimum Gasteiger partial charge on any atom is -0.348 e. The summed E-state index contributed by atoms with van der Waals surface area (Å²) in [6.45, 7) is 3.92. The minimum absolute atomic E-state index is 0.0250. The topological polar surface area (TPSA) is 66.5 Å². The van der Waals surface area contributed by atoms with Crippen molar-refractivity contribution in [2.45, 2.75) is 43.7 Å². The number of aryl methyl sites for hydroxylation is 1. The van der Waals surface area contributed by atoms with Crippen molar-refractivity contribution in [3.8, 4) is 0 Å². The van der Waals surface area contributed by atoms with Gasteiger partial charge in [-0.05, 0) is 56.5 Å². The van der Waals surface area contributed by atoms with Gasteiger partial charge in [0.2, 0.25) is 15.9 Å². The van der Waals surface area contributed by atoms with Crippen LogP contribution in [0.5, 0.6) is 0 Å². The lowest BCUT2D eigenvalue weighted by Crippen LogP contribution is -2.46. The van der Waals surface area contributed by atoms with Crippen molar-refractivity contribution in [3.63, 3.8) is 0 Å². The van der Waals surface area contributed by atoms with E-state index in [-0.39, 0.29) is 15.8 Å². The molecule has 3 rings (SSSR count). The van der Waals surface area contributed by atoms with Crippen molar-refractivity contribution in [2.24, 2.45) is 0 Å². The summed E-state index contributed by atoms with van der Waals surface area (Å²) in [6.07, 6.45) is 1.06. The molecule has 1 amide bonds. The van der Waals surface area contributed by atoms with Gasteiger partial charge < -0.3 is 5.32 Å². The predicted molar refractivity (Wildman–Crippen MR) is 106 cm³/mol. The summed E-state index contributed by atoms with van der Waals surface area (Å²) in [5.74, 6) is -0.906. The van der Waals surface area contributed by atoms with Crippen LogP contribution in [0.4, 0.5) is 4.39 Å². The number of hydrogen-bond donors (Lipinski definition) is 1. The molecule has 0 aromatic heterocycles. The molecular formula is C20H22ClFN2O3S. The Labute approximate surface area is 169 Å². The van der Waals surface area contributed by atoms with Crippen molar-refractivity contribution in [3.05, 3.63) is 64.4 Å². The SMILES string of the molecule is Cc1ccc(S(=O)(=O)N2CCC[C@H]2C(=O)NC(C)c2ccc(F)c(Cl)c2)cc1. The molecule has 1 N–H and O–H groups in total. The van der Waals surface area contributed by atoms with Gasteiger partial charge in [0.05, 0.1) is 16.0 Å². The standard InChI is InChI=1S/C20H22ClFN2O3S/c1-13-5-8-16(9-6-13)28(26,27)24-11-3-4-19(24)20(25)23-14(2)15-7-10-18(22)17(21)12-15/h5-10,12,14,19H,3-4,11H2,1-2H3,(H,23,25)/t14?,19-/m0/s1. The highest BCUT2D eigenvalue weighted by Gasteiger charge is 2.39. The Balaban J connectivity index is 1.77. The third-order valence-electron chi connectivity index (χ3n) is 4.94. The Hall–Kier alpha value is -1.96. The molecule has 0 saturated carbocycles. The van der Waals surface area contributed by atoms with Gasteiger partial charge in [0.15, 0.2) is 0 Å². The molecule has 8 heteroatoms. The summed E-state index contributed by atoms with van der Waals surface area (Å²) >= 11 is 5.81. The van der Waals surface area contributed by atoms with Gasteiger partial charge in [-0.25, -0.2) is 12.8 Å². The summed E-state index contributed by atoms with van der Waals surface area (Å²) in [6, 6.07) is 9.61. The summed E-state index contributed by atoms with van der Waals surface area (Å²) in [4.78, 5) is 13.0. The molecule has 1 heterocycles. The molecule has 1 aliphatic rings. The van der Waals surface area contributed by atoms with Crippen LogP contribution in [-0.2, 0) is 14.8 Å². The second-order valence-corrected chi connectivity index (χ2v) is 9.29. The van der Waals surface area contributed by atoms with E-state index in [0.717, 1.165) is 5.56 Å². The van der Waals surface area contributed by atoms with Crippen LogP contribution < -0.4 is 5.32 Å². The molecule has 2 atom stereocenters. The van der Waals surface area contributed by atoms with Crippen LogP contribution in [0.3, 0.4) is 0 Å². The van der Waals surface area contributed by atoms with Gasteiger partial charge in [-0.15, -0.1) is 0 Å². The van der Waals surface area contributed by atoms with Crippen molar-refractivity contribution in [1.82, 2.24) is 9.62 Å². The Morgan fingerprint density at radius 3 is 2.57 bits per heavy atom. The zero-order valence-electron chi connectivity index (χ0n) is 15.7. The molecule has 0 bridgehead atoms. The molecule has 1 fully saturated rings. The Bertz CT molecular complexity index is 979. The molecule has 0 spiro atoms. The lowest BCUT2D eigenvalue weighted by molar-refractivity contribution is -0.124. The number of hydrogen-bond acceptors (Lipinski definition) is 3. The van der Waals surface area contributed by atoms with Gasteiger partial charge in [-0.1, -0.05) is 35.4 Å². The van der Waals surface area contributed by atoms with Crippen LogP contribution in [0.15, 0.2) is 47.4 Å². The summed E-state index contributed by atoms with van der Waals surface area (Å²) in [5, 5.41) is 2.80. The van der Waals surface area contributed by atoms with E-state index in [1.54, 1.807) is 37.3 Å². The van der Waals surface area contributed by atoms with E-state index < -0.39 is 27.9 Å². The first kappa shape index (κ1) is 20.8. The summed E-state index contributed by atoms with van der Waals surface area (Å²) in [7, 11) is -3.76. The maximum absolute atomic E-state index is 13.3. The quantitative estimate of drug-likeness (QED) is 0.793. The molecule has 28 heavy (non-hydrogen) atoms. The van der Waals surface area contributed by atoms with E-state index in [9.17, 15) is 17.6 Å². The van der Waals surface area contributed by atoms with Gasteiger partial charge >= 0.3 is 0 Å². The van der Waals surface area contributed by atoms with Crippen molar-refractivity contribution >= 4 is 27.5 Å². The van der Waals surface area contributed by atoms with E-state index in [1.165, 1.54) is 16.4 Å². The molecule has 1 aliphatic heterocycles. The molecule has 2 aromatic carbocycles. The van der Waals surface area contributed by atoms with E-state index in [0.29, 0.717) is 24.9 Å². The monoisotopic (exact) mass is 424 g/mol. The van der Waals surface area contributed by atoms with Crippen LogP contribution in [0.2, 0.25) is 5.02 Å². The highest BCUT2D eigenvalue weighted by atomic mass is 35.5. The maximum atomic E-state index is 13.3. The maximum Gasteiger partial charge on any atom is 0.243 e. The number of amides is 1. The minimum atomic E-state index is -3.76. The van der Waals surface area contributed by atoms with Crippen LogP contribution in [0.25, 0.3) is 0 Å². The molecule has 0 radical (unpaired) electrons. The molecule has 5 nitrogen and oxygen atoms in total. The van der Waals surface area contributed by atoms with Gasteiger partial charge in [0.25, 0.3) is 0 Å². The first-order chi connectivity index (χ1) is 13.2. The van der Waals surface area contributed by atoms with Gasteiger partial charge in [-0.3, -0.25) is 4.79 Å². The fourth-order valence-electron chi connectivity index (χ4n) is 3.31. The highest BCUT2D eigenvalue weighted by Crippen LogP contribution is 2.27. The normalized spacial score (nSPS) is 18.8. The third-order valence-corrected chi connectivity index (χ3v) is 7.15. The van der Waals surface area contributed by atoms with E-state index >= 15 is 0 Å². The fourth-order valence-corrected chi connectivity index (χ4v) is 5.16. The van der Waals surface area contributed by atoms with Crippen LogP contribution >= 0.6 is 11.6 Å². The Morgan fingerprint density at radius 2 is 1.93 bits per heavy atom. The largest absolute Gasteiger partial charge is 0.348 e. The first-order valence-electron chi connectivity index (χ1n) is 9.04. The molecule has 1 unspecified atom stereocenters. The lowest BCUT2D eigenvalue weighted by Gasteiger charge is -2.25. The van der Waals surface area contributed by atoms with Crippen molar-refractivity contribution in [1.29, 1.82) is 0 Å². The lowest BCUT2D eigenvalue weighted by atomic mass is 10.1. The van der Waals surface area contributed by atoms with Crippen LogP contribution in [0.1, 0.15) is 36.9 Å². The number of carbonyl (C=O) groups excluding carboxylic acids is 1.